The maximum Gasteiger partial charge on any atom is 0.199 e. The molecule has 2 heterocycles. The molecule has 0 saturated carbocycles. The maximum absolute atomic E-state index is 15.2. The van der Waals surface area contributed by atoms with Crippen LogP contribution >= 0.6 is 0 Å². The molecule has 0 unspecified atom stereocenters. The Morgan fingerprint density at radius 1 is 0.326 bits per heavy atom. The highest BCUT2D eigenvalue weighted by Gasteiger charge is 2.33. The Hall–Kier alpha value is -5.28. The van der Waals surface area contributed by atoms with Gasteiger partial charge in [0.05, 0.1) is 43.6 Å². The summed E-state index contributed by atoms with van der Waals surface area (Å²) in [5.41, 5.74) is -5.63. The molecule has 0 bridgehead atoms. The van der Waals surface area contributed by atoms with Crippen LogP contribution in [0.2, 0.25) is 0 Å². The van der Waals surface area contributed by atoms with Crippen molar-refractivity contribution >= 4 is 43.6 Å². The van der Waals surface area contributed by atoms with Crippen molar-refractivity contribution in [2.45, 2.75) is 0 Å². The standard InChI is InChI=1S/C30H6F14N2/c31-9-5-11-13(19(35)17(9)33)15-21(37)23(39)25(41)27(43)29(15)45(11)7-2-1-3-8(4-7)46-12-6-10(32)18(34)20(36)14(12)16-22(38)24(40)26(42)28(44)30(16)46/h1-6H. The summed E-state index contributed by atoms with van der Waals surface area (Å²) in [6.07, 6.45) is 0. The van der Waals surface area contributed by atoms with E-state index in [0.717, 1.165) is 24.3 Å². The fourth-order valence-corrected chi connectivity index (χ4v) is 5.66. The Morgan fingerprint density at radius 3 is 1.02 bits per heavy atom. The van der Waals surface area contributed by atoms with Gasteiger partial charge in [-0.25, -0.2) is 61.5 Å². The molecule has 46 heavy (non-hydrogen) atoms. The van der Waals surface area contributed by atoms with Gasteiger partial charge in [-0.05, 0) is 18.2 Å². The van der Waals surface area contributed by atoms with Crippen LogP contribution < -0.4 is 0 Å². The molecule has 0 saturated heterocycles. The normalized spacial score (nSPS) is 12.1. The topological polar surface area (TPSA) is 9.86 Å². The van der Waals surface area contributed by atoms with E-state index >= 15 is 8.78 Å². The Morgan fingerprint density at radius 2 is 0.652 bits per heavy atom. The zero-order chi connectivity index (χ0) is 33.3. The van der Waals surface area contributed by atoms with Crippen molar-refractivity contribution in [2.24, 2.45) is 0 Å². The number of nitrogens with zero attached hydrogens (tertiary/aromatic N) is 2. The van der Waals surface area contributed by atoms with Crippen molar-refractivity contribution < 1.29 is 61.5 Å². The van der Waals surface area contributed by atoms with E-state index in [4.69, 9.17) is 0 Å². The molecule has 234 valence electrons. The van der Waals surface area contributed by atoms with Crippen LogP contribution in [0.15, 0.2) is 36.4 Å². The molecular formula is C30H6F14N2. The van der Waals surface area contributed by atoms with Crippen LogP contribution in [0.5, 0.6) is 0 Å². The van der Waals surface area contributed by atoms with Crippen LogP contribution in [0.25, 0.3) is 55.0 Å². The van der Waals surface area contributed by atoms with Gasteiger partial charge in [0.25, 0.3) is 0 Å². The Bertz CT molecular complexity index is 2360. The summed E-state index contributed by atoms with van der Waals surface area (Å²) in [7, 11) is 0. The molecule has 0 N–H and O–H groups in total. The largest absolute Gasteiger partial charge is 0.306 e. The van der Waals surface area contributed by atoms with Crippen molar-refractivity contribution in [3.05, 3.63) is 118 Å². The Balaban J connectivity index is 1.67. The van der Waals surface area contributed by atoms with Gasteiger partial charge in [0.15, 0.2) is 81.4 Å². The van der Waals surface area contributed by atoms with Gasteiger partial charge in [-0.2, -0.15) is 0 Å². The lowest BCUT2D eigenvalue weighted by molar-refractivity contribution is 0.417. The number of aromatic nitrogens is 2. The van der Waals surface area contributed by atoms with Gasteiger partial charge in [0.2, 0.25) is 0 Å². The summed E-state index contributed by atoms with van der Waals surface area (Å²) < 4.78 is 206. The SMILES string of the molecule is Fc1cc2c(c(F)c1F)c1c(F)c(F)c(F)c(F)c1n2-c1cccc(-n2c3cc(F)c(F)c(F)c3c3c(F)c(F)c(F)c(F)c32)c1. The number of hydrogen-bond acceptors (Lipinski definition) is 0. The third kappa shape index (κ3) is 3.54. The Kier molecular flexibility index (Phi) is 6.15. The first kappa shape index (κ1) is 29.4. The molecule has 2 nitrogen and oxygen atoms in total. The molecule has 16 heteroatoms. The molecule has 0 aliphatic heterocycles. The van der Waals surface area contributed by atoms with Gasteiger partial charge < -0.3 is 9.13 Å². The smallest absolute Gasteiger partial charge is 0.199 e. The summed E-state index contributed by atoms with van der Waals surface area (Å²) in [6.45, 7) is 0. The highest BCUT2D eigenvalue weighted by molar-refractivity contribution is 6.11. The number of benzene rings is 5. The van der Waals surface area contributed by atoms with Crippen LogP contribution in [0.1, 0.15) is 0 Å². The number of fused-ring (bicyclic) bond motifs is 6. The van der Waals surface area contributed by atoms with Crippen LogP contribution in [0.4, 0.5) is 61.5 Å². The van der Waals surface area contributed by atoms with E-state index in [2.05, 4.69) is 0 Å². The van der Waals surface area contributed by atoms with Gasteiger partial charge in [-0.1, -0.05) is 6.07 Å². The number of hydrogen-bond donors (Lipinski definition) is 0. The van der Waals surface area contributed by atoms with Crippen molar-refractivity contribution in [3.63, 3.8) is 0 Å². The van der Waals surface area contributed by atoms with E-state index in [-0.39, 0.29) is 12.1 Å². The Labute approximate surface area is 243 Å². The molecule has 7 aromatic rings. The highest BCUT2D eigenvalue weighted by Crippen LogP contribution is 2.42. The van der Waals surface area contributed by atoms with E-state index in [1.807, 2.05) is 0 Å². The fourth-order valence-electron chi connectivity index (χ4n) is 5.66. The second kappa shape index (κ2) is 9.61. The zero-order valence-corrected chi connectivity index (χ0v) is 21.7. The lowest BCUT2D eigenvalue weighted by Crippen LogP contribution is -2.04. The molecule has 2 aromatic heterocycles. The monoisotopic (exact) mass is 660 g/mol. The number of halogens is 14. The summed E-state index contributed by atoms with van der Waals surface area (Å²) in [5.74, 6) is -31.0. The molecule has 0 aliphatic rings. The van der Waals surface area contributed by atoms with E-state index < -0.39 is 136 Å². The predicted molar refractivity (Wildman–Crippen MR) is 135 cm³/mol. The van der Waals surface area contributed by atoms with E-state index in [9.17, 15) is 52.7 Å². The quantitative estimate of drug-likeness (QED) is 0.0993. The van der Waals surface area contributed by atoms with Crippen molar-refractivity contribution in [3.8, 4) is 11.4 Å². The highest BCUT2D eigenvalue weighted by atomic mass is 19.2. The first-order valence-electron chi connectivity index (χ1n) is 12.5. The van der Waals surface area contributed by atoms with Crippen molar-refractivity contribution in [1.82, 2.24) is 9.13 Å². The molecular weight excluding hydrogens is 654 g/mol. The predicted octanol–water partition coefficient (Wildman–Crippen LogP) is 9.83. The minimum atomic E-state index is -2.43. The second-order valence-electron chi connectivity index (χ2n) is 9.91. The molecule has 5 aromatic carbocycles. The molecule has 0 aliphatic carbocycles. The summed E-state index contributed by atoms with van der Waals surface area (Å²) in [5, 5.41) is -5.26. The fraction of sp³-hybridized carbons (Fsp3) is 0. The molecule has 0 spiro atoms. The molecule has 7 rings (SSSR count). The van der Waals surface area contributed by atoms with E-state index in [1.54, 1.807) is 0 Å². The summed E-state index contributed by atoms with van der Waals surface area (Å²) in [4.78, 5) is 0. The van der Waals surface area contributed by atoms with Crippen molar-refractivity contribution in [2.75, 3.05) is 0 Å². The van der Waals surface area contributed by atoms with Crippen molar-refractivity contribution in [1.29, 1.82) is 0 Å². The average molecular weight is 660 g/mol. The van der Waals surface area contributed by atoms with Gasteiger partial charge in [-0.3, -0.25) is 0 Å². The maximum atomic E-state index is 15.2. The number of rotatable bonds is 2. The first-order chi connectivity index (χ1) is 21.7. The van der Waals surface area contributed by atoms with Crippen LogP contribution in [0.3, 0.4) is 0 Å². The minimum absolute atomic E-state index is 0.219. The summed E-state index contributed by atoms with van der Waals surface area (Å²) >= 11 is 0. The average Bonchev–Trinajstić information content (AvgIpc) is 3.56. The van der Waals surface area contributed by atoms with Gasteiger partial charge in [-0.15, -0.1) is 0 Å². The van der Waals surface area contributed by atoms with Gasteiger partial charge >= 0.3 is 0 Å². The third-order valence-electron chi connectivity index (χ3n) is 7.54. The van der Waals surface area contributed by atoms with Crippen LogP contribution in [0, 0.1) is 81.4 Å². The van der Waals surface area contributed by atoms with Crippen LogP contribution in [-0.4, -0.2) is 9.13 Å². The third-order valence-corrected chi connectivity index (χ3v) is 7.54. The lowest BCUT2D eigenvalue weighted by Gasteiger charge is -2.14. The van der Waals surface area contributed by atoms with Gasteiger partial charge in [0.1, 0.15) is 0 Å². The molecule has 0 amide bonds. The van der Waals surface area contributed by atoms with Gasteiger partial charge in [0, 0.05) is 23.5 Å². The minimum Gasteiger partial charge on any atom is -0.306 e. The zero-order valence-electron chi connectivity index (χ0n) is 21.7. The summed E-state index contributed by atoms with van der Waals surface area (Å²) in [6, 6.07) is 4.05. The molecule has 0 atom stereocenters. The van der Waals surface area contributed by atoms with E-state index in [1.165, 1.54) is 0 Å². The first-order valence-corrected chi connectivity index (χ1v) is 12.5. The second-order valence-corrected chi connectivity index (χ2v) is 9.91. The lowest BCUT2D eigenvalue weighted by atomic mass is 10.1. The molecule has 0 radical (unpaired) electrons. The van der Waals surface area contributed by atoms with E-state index in [0.29, 0.717) is 9.13 Å². The van der Waals surface area contributed by atoms with Crippen LogP contribution in [-0.2, 0) is 0 Å². The molecule has 0 fully saturated rings.